The Bertz CT molecular complexity index is 1000. The standard InChI is InChI=1S/C18H12Cl2F3N3O/c19-14-3-1-2-12(15(14)20)16-13-8-9-24-17(13)26(25-16)10-4-6-11(7-5-10)27-18(21,22)23/h1-7,24H,8-9H2. The van der Waals surface area contributed by atoms with Gasteiger partial charge in [0.2, 0.25) is 0 Å². The summed E-state index contributed by atoms with van der Waals surface area (Å²) in [6.07, 6.45) is -3.98. The molecule has 1 aliphatic heterocycles. The second kappa shape index (κ2) is 6.65. The highest BCUT2D eigenvalue weighted by Gasteiger charge is 2.31. The van der Waals surface area contributed by atoms with E-state index < -0.39 is 6.36 Å². The molecule has 0 saturated heterocycles. The first-order chi connectivity index (χ1) is 12.8. The molecule has 27 heavy (non-hydrogen) atoms. The van der Waals surface area contributed by atoms with Crippen molar-refractivity contribution in [2.45, 2.75) is 12.8 Å². The summed E-state index contributed by atoms with van der Waals surface area (Å²) in [5, 5.41) is 8.72. The van der Waals surface area contributed by atoms with Crippen molar-refractivity contribution in [1.29, 1.82) is 0 Å². The van der Waals surface area contributed by atoms with Crippen LogP contribution >= 0.6 is 23.2 Å². The third-order valence-electron chi connectivity index (χ3n) is 4.17. The minimum Gasteiger partial charge on any atom is -0.406 e. The molecule has 4 nitrogen and oxygen atoms in total. The number of nitrogens with one attached hydrogen (secondary N) is 1. The van der Waals surface area contributed by atoms with Crippen LogP contribution in [-0.2, 0) is 6.42 Å². The number of rotatable bonds is 3. The zero-order valence-corrected chi connectivity index (χ0v) is 15.2. The lowest BCUT2D eigenvalue weighted by atomic mass is 10.1. The van der Waals surface area contributed by atoms with Crippen LogP contribution in [0, 0.1) is 0 Å². The minimum atomic E-state index is -4.73. The van der Waals surface area contributed by atoms with Crippen LogP contribution in [0.3, 0.4) is 0 Å². The number of alkyl halides is 3. The average molecular weight is 414 g/mol. The fourth-order valence-corrected chi connectivity index (χ4v) is 3.44. The highest BCUT2D eigenvalue weighted by molar-refractivity contribution is 6.43. The lowest BCUT2D eigenvalue weighted by molar-refractivity contribution is -0.274. The molecule has 0 amide bonds. The summed E-state index contributed by atoms with van der Waals surface area (Å²) in [7, 11) is 0. The lowest BCUT2D eigenvalue weighted by Crippen LogP contribution is -2.17. The van der Waals surface area contributed by atoms with Gasteiger partial charge < -0.3 is 10.1 Å². The second-order valence-corrected chi connectivity index (χ2v) is 6.69. The summed E-state index contributed by atoms with van der Waals surface area (Å²) >= 11 is 12.5. The minimum absolute atomic E-state index is 0.291. The zero-order valence-electron chi connectivity index (χ0n) is 13.6. The van der Waals surface area contributed by atoms with Gasteiger partial charge >= 0.3 is 6.36 Å². The van der Waals surface area contributed by atoms with Gasteiger partial charge in [0.15, 0.2) is 0 Å². The molecule has 4 rings (SSSR count). The van der Waals surface area contributed by atoms with E-state index in [1.165, 1.54) is 24.3 Å². The highest BCUT2D eigenvalue weighted by Crippen LogP contribution is 2.39. The van der Waals surface area contributed by atoms with E-state index in [-0.39, 0.29) is 5.75 Å². The van der Waals surface area contributed by atoms with Gasteiger partial charge in [-0.15, -0.1) is 13.2 Å². The average Bonchev–Trinajstić information content (AvgIpc) is 3.20. The summed E-state index contributed by atoms with van der Waals surface area (Å²) < 4.78 is 42.6. The number of halogens is 5. The first-order valence-corrected chi connectivity index (χ1v) is 8.75. The Morgan fingerprint density at radius 1 is 1.07 bits per heavy atom. The molecule has 1 aromatic heterocycles. The Morgan fingerprint density at radius 2 is 1.81 bits per heavy atom. The van der Waals surface area contributed by atoms with Gasteiger partial charge in [-0.3, -0.25) is 0 Å². The molecule has 0 bridgehead atoms. The van der Waals surface area contributed by atoms with Gasteiger partial charge in [0.05, 0.1) is 21.4 Å². The van der Waals surface area contributed by atoms with E-state index in [0.29, 0.717) is 27.0 Å². The summed E-state index contributed by atoms with van der Waals surface area (Å²) in [4.78, 5) is 0. The van der Waals surface area contributed by atoms with Gasteiger partial charge in [-0.25, -0.2) is 4.68 Å². The number of nitrogens with zero attached hydrogens (tertiary/aromatic N) is 2. The molecule has 2 heterocycles. The highest BCUT2D eigenvalue weighted by atomic mass is 35.5. The van der Waals surface area contributed by atoms with Crippen molar-refractivity contribution in [3.63, 3.8) is 0 Å². The van der Waals surface area contributed by atoms with Crippen LogP contribution in [0.5, 0.6) is 5.75 Å². The molecule has 9 heteroatoms. The number of anilines is 1. The summed E-state index contributed by atoms with van der Waals surface area (Å²) in [6, 6.07) is 10.8. The van der Waals surface area contributed by atoms with Crippen LogP contribution in [0.1, 0.15) is 5.56 Å². The maximum absolute atomic E-state index is 12.3. The van der Waals surface area contributed by atoms with E-state index in [0.717, 1.165) is 24.3 Å². The van der Waals surface area contributed by atoms with Gasteiger partial charge in [-0.05, 0) is 36.8 Å². The Morgan fingerprint density at radius 3 is 2.52 bits per heavy atom. The Kier molecular flexibility index (Phi) is 4.44. The second-order valence-electron chi connectivity index (χ2n) is 5.91. The molecule has 0 fully saturated rings. The molecule has 0 saturated carbocycles. The number of ether oxygens (including phenoxy) is 1. The molecule has 1 N–H and O–H groups in total. The number of aromatic nitrogens is 2. The van der Waals surface area contributed by atoms with E-state index >= 15 is 0 Å². The maximum Gasteiger partial charge on any atom is 0.573 e. The van der Waals surface area contributed by atoms with E-state index in [4.69, 9.17) is 23.2 Å². The molecular formula is C18H12Cl2F3N3O. The molecule has 1 aliphatic rings. The van der Waals surface area contributed by atoms with E-state index in [1.807, 2.05) is 6.07 Å². The monoisotopic (exact) mass is 413 g/mol. The molecule has 0 radical (unpaired) electrons. The number of benzene rings is 2. The molecule has 0 atom stereocenters. The Labute approximate surface area is 162 Å². The van der Waals surface area contributed by atoms with Gasteiger partial charge in [-0.2, -0.15) is 5.10 Å². The van der Waals surface area contributed by atoms with Crippen LogP contribution in [0.2, 0.25) is 10.0 Å². The van der Waals surface area contributed by atoms with Crippen molar-refractivity contribution >= 4 is 29.0 Å². The van der Waals surface area contributed by atoms with E-state index in [1.54, 1.807) is 16.8 Å². The van der Waals surface area contributed by atoms with Crippen molar-refractivity contribution in [2.75, 3.05) is 11.9 Å². The topological polar surface area (TPSA) is 39.1 Å². The molecular weight excluding hydrogens is 402 g/mol. The van der Waals surface area contributed by atoms with Crippen molar-refractivity contribution in [3.05, 3.63) is 58.1 Å². The van der Waals surface area contributed by atoms with Gasteiger partial charge in [0.1, 0.15) is 11.6 Å². The quantitative estimate of drug-likeness (QED) is 0.597. The zero-order chi connectivity index (χ0) is 19.2. The number of hydrogen-bond donors (Lipinski definition) is 1. The third-order valence-corrected chi connectivity index (χ3v) is 4.99. The third kappa shape index (κ3) is 3.44. The van der Waals surface area contributed by atoms with Crippen LogP contribution in [0.25, 0.3) is 16.9 Å². The number of fused-ring (bicyclic) bond motifs is 1. The summed E-state index contributed by atoms with van der Waals surface area (Å²) in [6.45, 7) is 0.730. The van der Waals surface area contributed by atoms with Crippen LogP contribution < -0.4 is 10.1 Å². The molecule has 3 aromatic rings. The molecule has 140 valence electrons. The largest absolute Gasteiger partial charge is 0.573 e. The fraction of sp³-hybridized carbons (Fsp3) is 0.167. The smallest absolute Gasteiger partial charge is 0.406 e. The first kappa shape index (κ1) is 18.0. The molecule has 0 unspecified atom stereocenters. The van der Waals surface area contributed by atoms with Crippen molar-refractivity contribution in [1.82, 2.24) is 9.78 Å². The molecule has 2 aromatic carbocycles. The predicted molar refractivity (Wildman–Crippen MR) is 97.9 cm³/mol. The SMILES string of the molecule is FC(F)(F)Oc1ccc(-n2nc(-c3cccc(Cl)c3Cl)c3c2NCC3)cc1. The van der Waals surface area contributed by atoms with E-state index in [9.17, 15) is 13.2 Å². The Balaban J connectivity index is 1.76. The van der Waals surface area contributed by atoms with E-state index in [2.05, 4.69) is 15.2 Å². The number of hydrogen-bond acceptors (Lipinski definition) is 3. The van der Waals surface area contributed by atoms with Gasteiger partial charge in [0.25, 0.3) is 0 Å². The molecule has 0 aliphatic carbocycles. The van der Waals surface area contributed by atoms with Gasteiger partial charge in [-0.1, -0.05) is 35.3 Å². The van der Waals surface area contributed by atoms with Gasteiger partial charge in [0, 0.05) is 17.7 Å². The van der Waals surface area contributed by atoms with Crippen molar-refractivity contribution < 1.29 is 17.9 Å². The normalized spacial score (nSPS) is 13.4. The van der Waals surface area contributed by atoms with Crippen molar-refractivity contribution in [2.24, 2.45) is 0 Å². The van der Waals surface area contributed by atoms with Crippen LogP contribution in [0.4, 0.5) is 19.0 Å². The predicted octanol–water partition coefficient (Wildman–Crippen LogP) is 5.71. The summed E-state index contributed by atoms with van der Waals surface area (Å²) in [5.41, 5.74) is 2.98. The molecule has 0 spiro atoms. The van der Waals surface area contributed by atoms with Crippen molar-refractivity contribution in [3.8, 4) is 22.7 Å². The first-order valence-electron chi connectivity index (χ1n) is 8.00. The summed E-state index contributed by atoms with van der Waals surface area (Å²) in [5.74, 6) is 0.492. The fourth-order valence-electron chi connectivity index (χ4n) is 3.05. The maximum atomic E-state index is 12.3. The Hall–Kier alpha value is -2.38. The lowest BCUT2D eigenvalue weighted by Gasteiger charge is -2.10. The van der Waals surface area contributed by atoms with Crippen LogP contribution in [0.15, 0.2) is 42.5 Å². The van der Waals surface area contributed by atoms with Crippen LogP contribution in [-0.4, -0.2) is 22.7 Å².